The second kappa shape index (κ2) is 41.5. The van der Waals surface area contributed by atoms with Crippen LogP contribution in [0.2, 0.25) is 0 Å². The highest BCUT2D eigenvalue weighted by Crippen LogP contribution is 2.18. The van der Waals surface area contributed by atoms with Crippen molar-refractivity contribution in [3.05, 3.63) is 0 Å². The van der Waals surface area contributed by atoms with Gasteiger partial charge in [0.15, 0.2) is 0 Å². The standard InChI is InChI=1S/C46H93NO5/c1-3-5-7-9-11-13-15-17-18-19-20-21-22-23-24-25-26-27-28-30-31-33-35-37-39-43(49)45(51)42(41-48)47-46(52)44(50)40-38-36-34-32-29-16-14-12-10-8-6-4-2/h42-45,48-51H,3-41H2,1-2H3,(H,47,52). The van der Waals surface area contributed by atoms with Gasteiger partial charge in [0.1, 0.15) is 12.2 Å². The maximum Gasteiger partial charge on any atom is 0.249 e. The van der Waals surface area contributed by atoms with Crippen LogP contribution in [-0.2, 0) is 4.79 Å². The average molecular weight is 740 g/mol. The van der Waals surface area contributed by atoms with Crippen LogP contribution in [0.3, 0.4) is 0 Å². The second-order valence-electron chi connectivity index (χ2n) is 16.5. The summed E-state index contributed by atoms with van der Waals surface area (Å²) < 4.78 is 0. The molecule has 6 heteroatoms. The topological polar surface area (TPSA) is 110 Å². The van der Waals surface area contributed by atoms with Crippen molar-refractivity contribution in [2.24, 2.45) is 0 Å². The highest BCUT2D eigenvalue weighted by atomic mass is 16.3. The number of hydrogen-bond donors (Lipinski definition) is 5. The van der Waals surface area contributed by atoms with E-state index >= 15 is 0 Å². The number of nitrogens with one attached hydrogen (secondary N) is 1. The zero-order valence-corrected chi connectivity index (χ0v) is 35.1. The molecule has 4 atom stereocenters. The van der Waals surface area contributed by atoms with E-state index in [4.69, 9.17) is 0 Å². The molecule has 4 unspecified atom stereocenters. The van der Waals surface area contributed by atoms with E-state index in [1.165, 1.54) is 193 Å². The lowest BCUT2D eigenvalue weighted by Crippen LogP contribution is -2.53. The molecule has 0 saturated heterocycles. The van der Waals surface area contributed by atoms with E-state index in [1.807, 2.05) is 0 Å². The van der Waals surface area contributed by atoms with Crippen LogP contribution in [0.4, 0.5) is 0 Å². The maximum absolute atomic E-state index is 12.5. The number of amides is 1. The van der Waals surface area contributed by atoms with E-state index in [2.05, 4.69) is 19.2 Å². The number of aliphatic hydroxyl groups is 4. The summed E-state index contributed by atoms with van der Waals surface area (Å²) in [5.41, 5.74) is 0. The van der Waals surface area contributed by atoms with E-state index in [-0.39, 0.29) is 0 Å². The van der Waals surface area contributed by atoms with Crippen LogP contribution in [-0.4, -0.2) is 57.3 Å². The molecule has 0 radical (unpaired) electrons. The van der Waals surface area contributed by atoms with Gasteiger partial charge in [-0.05, 0) is 12.8 Å². The van der Waals surface area contributed by atoms with Crippen LogP contribution in [0.25, 0.3) is 0 Å². The lowest BCUT2D eigenvalue weighted by Gasteiger charge is -2.27. The molecule has 0 bridgehead atoms. The smallest absolute Gasteiger partial charge is 0.249 e. The molecule has 5 N–H and O–H groups in total. The third-order valence-electron chi connectivity index (χ3n) is 11.3. The van der Waals surface area contributed by atoms with Crippen molar-refractivity contribution in [3.8, 4) is 0 Å². The van der Waals surface area contributed by atoms with Crippen molar-refractivity contribution >= 4 is 5.91 Å². The molecule has 0 aromatic heterocycles. The number of carbonyl (C=O) groups is 1. The molecule has 0 aromatic carbocycles. The van der Waals surface area contributed by atoms with Crippen LogP contribution in [0.1, 0.15) is 258 Å². The highest BCUT2D eigenvalue weighted by Gasteiger charge is 2.28. The Hall–Kier alpha value is -0.690. The number of hydrogen-bond acceptors (Lipinski definition) is 5. The number of aliphatic hydroxyl groups excluding tert-OH is 4. The van der Waals surface area contributed by atoms with Crippen molar-refractivity contribution in [2.75, 3.05) is 6.61 Å². The molecule has 0 heterocycles. The zero-order chi connectivity index (χ0) is 38.2. The van der Waals surface area contributed by atoms with Crippen molar-refractivity contribution in [2.45, 2.75) is 282 Å². The zero-order valence-electron chi connectivity index (χ0n) is 35.1. The lowest BCUT2D eigenvalue weighted by molar-refractivity contribution is -0.132. The Morgan fingerprint density at radius 2 is 0.654 bits per heavy atom. The molecular weight excluding hydrogens is 647 g/mol. The van der Waals surface area contributed by atoms with E-state index in [0.717, 1.165) is 38.5 Å². The predicted octanol–water partition coefficient (Wildman–Crippen LogP) is 12.4. The van der Waals surface area contributed by atoms with Crippen LogP contribution in [0, 0.1) is 0 Å². The van der Waals surface area contributed by atoms with Gasteiger partial charge in [-0.1, -0.05) is 245 Å². The predicted molar refractivity (Wildman–Crippen MR) is 224 cm³/mol. The minimum Gasteiger partial charge on any atom is -0.394 e. The van der Waals surface area contributed by atoms with Gasteiger partial charge in [0.25, 0.3) is 0 Å². The molecule has 0 fully saturated rings. The van der Waals surface area contributed by atoms with Crippen molar-refractivity contribution in [1.82, 2.24) is 5.32 Å². The van der Waals surface area contributed by atoms with E-state index < -0.39 is 36.9 Å². The molecule has 0 aliphatic rings. The van der Waals surface area contributed by atoms with Crippen molar-refractivity contribution < 1.29 is 25.2 Å². The van der Waals surface area contributed by atoms with Gasteiger partial charge < -0.3 is 25.7 Å². The summed E-state index contributed by atoms with van der Waals surface area (Å²) in [6.07, 6.45) is 44.3. The van der Waals surface area contributed by atoms with E-state index in [0.29, 0.717) is 12.8 Å². The van der Waals surface area contributed by atoms with Crippen LogP contribution in [0.5, 0.6) is 0 Å². The highest BCUT2D eigenvalue weighted by molar-refractivity contribution is 5.80. The molecule has 312 valence electrons. The number of carbonyl (C=O) groups excluding carboxylic acids is 1. The Labute approximate surface area is 324 Å². The van der Waals surface area contributed by atoms with Gasteiger partial charge >= 0.3 is 0 Å². The summed E-state index contributed by atoms with van der Waals surface area (Å²) in [6, 6.07) is -0.978. The SMILES string of the molecule is CCCCCCCCCCCCCCCCCCCCCCCCCCC(O)C(O)C(CO)NC(=O)C(O)CCCCCCCCCCCCCC. The molecule has 0 rings (SSSR count). The molecule has 0 saturated carbocycles. The fourth-order valence-corrected chi connectivity index (χ4v) is 7.58. The van der Waals surface area contributed by atoms with Gasteiger partial charge in [-0.15, -0.1) is 0 Å². The van der Waals surface area contributed by atoms with Crippen LogP contribution >= 0.6 is 0 Å². The summed E-state index contributed by atoms with van der Waals surface area (Å²) in [7, 11) is 0. The fourth-order valence-electron chi connectivity index (χ4n) is 7.58. The van der Waals surface area contributed by atoms with Gasteiger partial charge in [0.05, 0.1) is 18.8 Å². The first kappa shape index (κ1) is 51.3. The Kier molecular flexibility index (Phi) is 40.9. The summed E-state index contributed by atoms with van der Waals surface area (Å²) in [6.45, 7) is 4.06. The Balaban J connectivity index is 3.62. The normalized spacial score (nSPS) is 14.0. The first-order chi connectivity index (χ1) is 25.5. The van der Waals surface area contributed by atoms with Crippen molar-refractivity contribution in [1.29, 1.82) is 0 Å². The third kappa shape index (κ3) is 35.0. The Morgan fingerprint density at radius 1 is 0.404 bits per heavy atom. The first-order valence-corrected chi connectivity index (χ1v) is 23.4. The fraction of sp³-hybridized carbons (Fsp3) is 0.978. The maximum atomic E-state index is 12.5. The van der Waals surface area contributed by atoms with Gasteiger partial charge in [-0.25, -0.2) is 0 Å². The number of unbranched alkanes of at least 4 members (excludes halogenated alkanes) is 34. The van der Waals surface area contributed by atoms with E-state index in [9.17, 15) is 25.2 Å². The molecule has 1 amide bonds. The molecule has 6 nitrogen and oxygen atoms in total. The summed E-state index contributed by atoms with van der Waals surface area (Å²) in [4.78, 5) is 12.5. The Morgan fingerprint density at radius 3 is 0.923 bits per heavy atom. The molecule has 0 aromatic rings. The molecular formula is C46H93NO5. The van der Waals surface area contributed by atoms with Gasteiger partial charge in [0.2, 0.25) is 5.91 Å². The average Bonchev–Trinajstić information content (AvgIpc) is 3.15. The third-order valence-corrected chi connectivity index (χ3v) is 11.3. The van der Waals surface area contributed by atoms with Crippen LogP contribution in [0.15, 0.2) is 0 Å². The quantitative estimate of drug-likeness (QED) is 0.0400. The summed E-state index contributed by atoms with van der Waals surface area (Å²) in [5.74, 6) is -0.580. The molecule has 0 spiro atoms. The van der Waals surface area contributed by atoms with Gasteiger partial charge in [-0.3, -0.25) is 4.79 Å². The van der Waals surface area contributed by atoms with E-state index in [1.54, 1.807) is 0 Å². The molecule has 0 aliphatic carbocycles. The minimum atomic E-state index is -1.25. The second-order valence-corrected chi connectivity index (χ2v) is 16.5. The number of rotatable bonds is 43. The minimum absolute atomic E-state index is 0.375. The van der Waals surface area contributed by atoms with Crippen molar-refractivity contribution in [3.63, 3.8) is 0 Å². The summed E-state index contributed by atoms with van der Waals surface area (Å²) >= 11 is 0. The molecule has 0 aliphatic heterocycles. The molecule has 52 heavy (non-hydrogen) atoms. The van der Waals surface area contributed by atoms with Gasteiger partial charge in [-0.2, -0.15) is 0 Å². The summed E-state index contributed by atoms with van der Waals surface area (Å²) in [5, 5.41) is 43.7. The Bertz CT molecular complexity index is 706. The lowest BCUT2D eigenvalue weighted by atomic mass is 9.99. The van der Waals surface area contributed by atoms with Gasteiger partial charge in [0, 0.05) is 0 Å². The van der Waals surface area contributed by atoms with Crippen LogP contribution < -0.4 is 5.32 Å². The first-order valence-electron chi connectivity index (χ1n) is 23.4. The largest absolute Gasteiger partial charge is 0.394 e. The monoisotopic (exact) mass is 740 g/mol.